The number of alkyl halides is 3. The molecule has 2 aromatic rings. The second-order valence-corrected chi connectivity index (χ2v) is 5.57. The van der Waals surface area contributed by atoms with E-state index < -0.39 is 21.9 Å². The number of nitrogens with two attached hydrogens (primary N) is 1. The number of aromatic nitrogens is 1. The van der Waals surface area contributed by atoms with Crippen molar-refractivity contribution in [1.82, 2.24) is 4.98 Å². The van der Waals surface area contributed by atoms with E-state index in [0.29, 0.717) is 6.07 Å². The highest BCUT2D eigenvalue weighted by molar-refractivity contribution is 7.92. The van der Waals surface area contributed by atoms with Gasteiger partial charge in [-0.3, -0.25) is 4.72 Å². The molecule has 0 bridgehead atoms. The first-order valence-corrected chi connectivity index (χ1v) is 7.05. The number of nitrogens with one attached hydrogen (secondary N) is 1. The monoisotopic (exact) mass is 321 g/mol. The molecule has 0 unspecified atom stereocenters. The van der Waals surface area contributed by atoms with E-state index in [1.54, 1.807) is 0 Å². The van der Waals surface area contributed by atoms with Crippen molar-refractivity contribution in [3.05, 3.63) is 41.9 Å². The van der Waals surface area contributed by atoms with Crippen LogP contribution in [0.1, 0.15) is 11.5 Å². The fourth-order valence-corrected chi connectivity index (χ4v) is 2.44. The summed E-state index contributed by atoms with van der Waals surface area (Å²) >= 11 is 0. The molecule has 0 radical (unpaired) electrons. The molecule has 0 aliphatic carbocycles. The minimum absolute atomic E-state index is 0.0252. The highest BCUT2D eigenvalue weighted by atomic mass is 32.2. The molecule has 3 N–H and O–H groups in total. The lowest BCUT2D eigenvalue weighted by atomic mass is 10.3. The van der Waals surface area contributed by atoms with Crippen molar-refractivity contribution in [3.8, 4) is 0 Å². The summed E-state index contributed by atoms with van der Waals surface area (Å²) in [5.74, 6) is 0.265. The highest BCUT2D eigenvalue weighted by Gasteiger charge is 2.32. The quantitative estimate of drug-likeness (QED) is 0.897. The first-order chi connectivity index (χ1) is 9.72. The van der Waals surface area contributed by atoms with E-state index >= 15 is 0 Å². The molecule has 0 atom stereocenters. The van der Waals surface area contributed by atoms with Crippen LogP contribution in [0, 0.1) is 0 Å². The minimum atomic E-state index is -4.59. The summed E-state index contributed by atoms with van der Waals surface area (Å²) in [5, 5.41) is -0.386. The van der Waals surface area contributed by atoms with Crippen molar-refractivity contribution >= 4 is 15.7 Å². The molecular weight excluding hydrogens is 311 g/mol. The van der Waals surface area contributed by atoms with Gasteiger partial charge in [-0.15, -0.1) is 0 Å². The number of nitrogens with zero attached hydrogens (tertiary/aromatic N) is 1. The first-order valence-electron chi connectivity index (χ1n) is 5.57. The van der Waals surface area contributed by atoms with Crippen molar-refractivity contribution in [1.29, 1.82) is 0 Å². The van der Waals surface area contributed by atoms with Crippen molar-refractivity contribution < 1.29 is 26.0 Å². The van der Waals surface area contributed by atoms with E-state index in [-0.39, 0.29) is 23.1 Å². The number of furan rings is 1. The summed E-state index contributed by atoms with van der Waals surface area (Å²) in [5.41, 5.74) is 4.06. The topological polar surface area (TPSA) is 98.2 Å². The van der Waals surface area contributed by atoms with E-state index in [1.807, 2.05) is 0 Å². The number of sulfonamides is 1. The van der Waals surface area contributed by atoms with Gasteiger partial charge in [0.1, 0.15) is 11.5 Å². The fraction of sp³-hybridized carbons (Fsp3) is 0.182. The molecule has 0 amide bonds. The normalized spacial score (nSPS) is 12.4. The van der Waals surface area contributed by atoms with Gasteiger partial charge in [-0.1, -0.05) is 0 Å². The number of hydrogen-bond acceptors (Lipinski definition) is 5. The van der Waals surface area contributed by atoms with E-state index in [4.69, 9.17) is 10.2 Å². The van der Waals surface area contributed by atoms with Crippen LogP contribution >= 0.6 is 0 Å². The van der Waals surface area contributed by atoms with Crippen LogP contribution in [-0.4, -0.2) is 13.4 Å². The summed E-state index contributed by atoms with van der Waals surface area (Å²) in [4.78, 5) is 3.15. The Labute approximate surface area is 117 Å². The van der Waals surface area contributed by atoms with Crippen molar-refractivity contribution in [2.24, 2.45) is 5.73 Å². The van der Waals surface area contributed by atoms with E-state index in [0.717, 1.165) is 12.3 Å². The summed E-state index contributed by atoms with van der Waals surface area (Å²) in [7, 11) is -4.04. The summed E-state index contributed by atoms with van der Waals surface area (Å²) in [6, 6.07) is 4.22. The third kappa shape index (κ3) is 3.52. The van der Waals surface area contributed by atoms with Gasteiger partial charge in [0.05, 0.1) is 18.4 Å². The smallest absolute Gasteiger partial charge is 0.433 e. The van der Waals surface area contributed by atoms with Crippen molar-refractivity contribution in [2.45, 2.75) is 17.8 Å². The van der Waals surface area contributed by atoms with Gasteiger partial charge < -0.3 is 10.2 Å². The Kier molecular flexibility index (Phi) is 3.92. The Morgan fingerprint density at radius 1 is 1.24 bits per heavy atom. The zero-order valence-electron chi connectivity index (χ0n) is 10.4. The molecule has 114 valence electrons. The van der Waals surface area contributed by atoms with Crippen molar-refractivity contribution in [3.63, 3.8) is 0 Å². The van der Waals surface area contributed by atoms with Gasteiger partial charge in [0, 0.05) is 0 Å². The van der Waals surface area contributed by atoms with Gasteiger partial charge in [-0.05, 0) is 24.3 Å². The first kappa shape index (κ1) is 15.3. The van der Waals surface area contributed by atoms with E-state index in [9.17, 15) is 21.6 Å². The zero-order chi connectivity index (χ0) is 15.7. The van der Waals surface area contributed by atoms with Gasteiger partial charge in [-0.25, -0.2) is 4.98 Å². The lowest BCUT2D eigenvalue weighted by Crippen LogP contribution is -2.13. The maximum absolute atomic E-state index is 12.3. The van der Waals surface area contributed by atoms with Crippen LogP contribution < -0.4 is 10.5 Å². The lowest BCUT2D eigenvalue weighted by Gasteiger charge is -2.08. The minimum Gasteiger partial charge on any atom is -0.446 e. The van der Waals surface area contributed by atoms with Gasteiger partial charge in [0.15, 0.2) is 0 Å². The highest BCUT2D eigenvalue weighted by Crippen LogP contribution is 2.28. The van der Waals surface area contributed by atoms with E-state index in [1.165, 1.54) is 12.1 Å². The average molecular weight is 321 g/mol. The van der Waals surface area contributed by atoms with Crippen LogP contribution in [0.15, 0.2) is 40.0 Å². The van der Waals surface area contributed by atoms with Crippen LogP contribution in [0.2, 0.25) is 0 Å². The molecule has 0 aliphatic rings. The molecule has 2 heterocycles. The third-order valence-electron chi connectivity index (χ3n) is 2.41. The number of hydrogen-bond donors (Lipinski definition) is 2. The molecule has 10 heteroatoms. The third-order valence-corrected chi connectivity index (χ3v) is 3.66. The molecule has 21 heavy (non-hydrogen) atoms. The van der Waals surface area contributed by atoms with Gasteiger partial charge in [0.25, 0.3) is 10.0 Å². The van der Waals surface area contributed by atoms with E-state index in [2.05, 4.69) is 9.71 Å². The second kappa shape index (κ2) is 5.37. The molecular formula is C11H10F3N3O3S. The molecule has 0 fully saturated rings. The molecule has 6 nitrogen and oxygen atoms in total. The Bertz CT molecular complexity index is 723. The molecule has 0 aromatic carbocycles. The number of halogens is 3. The predicted octanol–water partition coefficient (Wildman–Crippen LogP) is 1.95. The van der Waals surface area contributed by atoms with Gasteiger partial charge in [-0.2, -0.15) is 21.6 Å². The number of pyridine rings is 1. The second-order valence-electron chi connectivity index (χ2n) is 3.96. The molecule has 2 aromatic heterocycles. The fourth-order valence-electron chi connectivity index (χ4n) is 1.44. The summed E-state index contributed by atoms with van der Waals surface area (Å²) in [6.45, 7) is 0.0252. The van der Waals surface area contributed by atoms with Crippen molar-refractivity contribution in [2.75, 3.05) is 4.72 Å². The molecule has 0 saturated heterocycles. The largest absolute Gasteiger partial charge is 0.446 e. The molecule has 2 rings (SSSR count). The number of anilines is 1. The molecule has 0 spiro atoms. The Balaban J connectivity index is 2.21. The van der Waals surface area contributed by atoms with Crippen LogP contribution in [0.4, 0.5) is 18.9 Å². The Morgan fingerprint density at radius 3 is 2.43 bits per heavy atom. The predicted molar refractivity (Wildman–Crippen MR) is 66.6 cm³/mol. The summed E-state index contributed by atoms with van der Waals surface area (Å²) in [6.07, 6.45) is -3.82. The molecule has 0 aliphatic heterocycles. The van der Waals surface area contributed by atoms with Crippen LogP contribution in [-0.2, 0) is 22.7 Å². The lowest BCUT2D eigenvalue weighted by molar-refractivity contribution is -0.141. The van der Waals surface area contributed by atoms with Crippen LogP contribution in [0.25, 0.3) is 0 Å². The Morgan fingerprint density at radius 2 is 1.95 bits per heavy atom. The zero-order valence-corrected chi connectivity index (χ0v) is 11.2. The Hall–Kier alpha value is -2.07. The molecule has 0 saturated carbocycles. The SMILES string of the molecule is NCc1ccc(S(=O)(=O)Nc2ccc(C(F)(F)F)nc2)o1. The average Bonchev–Trinajstić information content (AvgIpc) is 2.87. The number of rotatable bonds is 4. The maximum atomic E-state index is 12.3. The standard InChI is InChI=1S/C11H10F3N3O3S/c12-11(13,14)9-3-1-7(6-16-9)17-21(18,19)10-4-2-8(5-15)20-10/h1-4,6,17H,5,15H2. The maximum Gasteiger partial charge on any atom is 0.433 e. The van der Waals surface area contributed by atoms with Crippen LogP contribution in [0.5, 0.6) is 0 Å². The summed E-state index contributed by atoms with van der Waals surface area (Å²) < 4.78 is 67.9. The van der Waals surface area contributed by atoms with Gasteiger partial charge >= 0.3 is 6.18 Å². The van der Waals surface area contributed by atoms with Gasteiger partial charge in [0.2, 0.25) is 5.09 Å². The van der Waals surface area contributed by atoms with Crippen LogP contribution in [0.3, 0.4) is 0 Å².